The van der Waals surface area contributed by atoms with Gasteiger partial charge in [0.05, 0.1) is 11.0 Å². The molecule has 0 radical (unpaired) electrons. The van der Waals surface area contributed by atoms with Crippen LogP contribution in [0.5, 0.6) is 0 Å². The molecule has 122 valence electrons. The lowest BCUT2D eigenvalue weighted by molar-refractivity contribution is 0.911. The summed E-state index contributed by atoms with van der Waals surface area (Å²) in [5, 5.41) is 2.80. The first-order valence-corrected chi connectivity index (χ1v) is 9.56. The Kier molecular flexibility index (Phi) is 2.73. The van der Waals surface area contributed by atoms with E-state index in [-0.39, 0.29) is 0 Å². The standard InChI is InChI=1S/C24H21N/c1-2-10-23-21(9-1)22-14-18-7-4-8-19(18)15-24(22)25(23)20-12-11-16-5-3-6-17(16)13-20/h1-2,9-15H,3-8H2. The molecule has 1 nitrogen and oxygen atoms in total. The lowest BCUT2D eigenvalue weighted by Gasteiger charge is -2.11. The van der Waals surface area contributed by atoms with Gasteiger partial charge in [0, 0.05) is 16.5 Å². The molecule has 0 spiro atoms. The first-order valence-electron chi connectivity index (χ1n) is 9.56. The fraction of sp³-hybridized carbons (Fsp3) is 0.250. The van der Waals surface area contributed by atoms with Gasteiger partial charge in [0.25, 0.3) is 0 Å². The van der Waals surface area contributed by atoms with Crippen LogP contribution in [0.1, 0.15) is 35.1 Å². The summed E-state index contributed by atoms with van der Waals surface area (Å²) in [6.45, 7) is 0. The van der Waals surface area contributed by atoms with E-state index in [9.17, 15) is 0 Å². The van der Waals surface area contributed by atoms with E-state index in [4.69, 9.17) is 0 Å². The van der Waals surface area contributed by atoms with Gasteiger partial charge in [0.1, 0.15) is 0 Å². The molecule has 0 fully saturated rings. The third-order valence-electron chi connectivity index (χ3n) is 6.23. The number of para-hydroxylation sites is 1. The minimum Gasteiger partial charge on any atom is -0.309 e. The molecule has 6 rings (SSSR count). The molecule has 2 aliphatic rings. The fourth-order valence-corrected chi connectivity index (χ4v) is 5.01. The molecular weight excluding hydrogens is 302 g/mol. The molecule has 0 saturated carbocycles. The normalized spacial score (nSPS) is 15.8. The zero-order chi connectivity index (χ0) is 16.4. The molecule has 3 aromatic carbocycles. The van der Waals surface area contributed by atoms with Crippen molar-refractivity contribution in [2.24, 2.45) is 0 Å². The van der Waals surface area contributed by atoms with Gasteiger partial charge < -0.3 is 4.57 Å². The summed E-state index contributed by atoms with van der Waals surface area (Å²) in [6.07, 6.45) is 7.56. The molecule has 1 heterocycles. The van der Waals surface area contributed by atoms with Crippen molar-refractivity contribution in [3.63, 3.8) is 0 Å². The van der Waals surface area contributed by atoms with Crippen molar-refractivity contribution in [1.82, 2.24) is 4.57 Å². The average Bonchev–Trinajstić information content (AvgIpc) is 3.35. The van der Waals surface area contributed by atoms with Crippen LogP contribution in [0.3, 0.4) is 0 Å². The second kappa shape index (κ2) is 4.98. The largest absolute Gasteiger partial charge is 0.309 e. The quantitative estimate of drug-likeness (QED) is 0.419. The Morgan fingerprint density at radius 1 is 0.560 bits per heavy atom. The molecule has 4 aromatic rings. The van der Waals surface area contributed by atoms with Crippen LogP contribution >= 0.6 is 0 Å². The Morgan fingerprint density at radius 3 is 2.16 bits per heavy atom. The molecule has 0 amide bonds. The molecule has 0 bridgehead atoms. The van der Waals surface area contributed by atoms with Crippen molar-refractivity contribution < 1.29 is 0 Å². The molecule has 1 aromatic heterocycles. The smallest absolute Gasteiger partial charge is 0.0544 e. The van der Waals surface area contributed by atoms with Crippen LogP contribution in [0.15, 0.2) is 54.6 Å². The van der Waals surface area contributed by atoms with Crippen LogP contribution in [0.2, 0.25) is 0 Å². The Labute approximate surface area is 147 Å². The predicted molar refractivity (Wildman–Crippen MR) is 105 cm³/mol. The number of rotatable bonds is 1. The monoisotopic (exact) mass is 323 g/mol. The van der Waals surface area contributed by atoms with E-state index < -0.39 is 0 Å². The second-order valence-corrected chi connectivity index (χ2v) is 7.65. The topological polar surface area (TPSA) is 4.93 Å². The third kappa shape index (κ3) is 1.90. The van der Waals surface area contributed by atoms with Gasteiger partial charge in [-0.15, -0.1) is 0 Å². The maximum absolute atomic E-state index is 2.49. The lowest BCUT2D eigenvalue weighted by Crippen LogP contribution is -1.96. The van der Waals surface area contributed by atoms with Crippen LogP contribution in [0.4, 0.5) is 0 Å². The van der Waals surface area contributed by atoms with Gasteiger partial charge in [0.15, 0.2) is 0 Å². The molecule has 25 heavy (non-hydrogen) atoms. The first-order chi connectivity index (χ1) is 12.4. The minimum atomic E-state index is 1.23. The number of hydrogen-bond acceptors (Lipinski definition) is 0. The van der Waals surface area contributed by atoms with Crippen LogP contribution in [-0.2, 0) is 25.7 Å². The average molecular weight is 323 g/mol. The molecule has 2 aliphatic carbocycles. The number of aryl methyl sites for hydroxylation is 4. The molecule has 0 unspecified atom stereocenters. The Hall–Kier alpha value is -2.54. The summed E-state index contributed by atoms with van der Waals surface area (Å²) >= 11 is 0. The van der Waals surface area contributed by atoms with Crippen LogP contribution in [0.25, 0.3) is 27.5 Å². The van der Waals surface area contributed by atoms with E-state index in [1.54, 1.807) is 22.3 Å². The highest BCUT2D eigenvalue weighted by atomic mass is 15.0. The summed E-state index contributed by atoms with van der Waals surface area (Å²) < 4.78 is 2.49. The van der Waals surface area contributed by atoms with Crippen molar-refractivity contribution in [3.8, 4) is 5.69 Å². The van der Waals surface area contributed by atoms with Crippen molar-refractivity contribution in [1.29, 1.82) is 0 Å². The number of benzene rings is 3. The number of aromatic nitrogens is 1. The van der Waals surface area contributed by atoms with Crippen LogP contribution in [0, 0.1) is 0 Å². The van der Waals surface area contributed by atoms with Gasteiger partial charge in [-0.1, -0.05) is 24.3 Å². The number of nitrogens with zero attached hydrogens (tertiary/aromatic N) is 1. The van der Waals surface area contributed by atoms with E-state index in [1.807, 2.05) is 0 Å². The lowest BCUT2D eigenvalue weighted by atomic mass is 10.1. The van der Waals surface area contributed by atoms with Gasteiger partial charge in [-0.05, 0) is 91.1 Å². The van der Waals surface area contributed by atoms with Gasteiger partial charge in [-0.25, -0.2) is 0 Å². The zero-order valence-corrected chi connectivity index (χ0v) is 14.4. The fourth-order valence-electron chi connectivity index (χ4n) is 5.01. The second-order valence-electron chi connectivity index (χ2n) is 7.65. The van der Waals surface area contributed by atoms with Crippen molar-refractivity contribution in [3.05, 3.63) is 76.9 Å². The number of fused-ring (bicyclic) bond motifs is 5. The maximum Gasteiger partial charge on any atom is 0.0544 e. The Bertz CT molecular complexity index is 1150. The maximum atomic E-state index is 2.49. The van der Waals surface area contributed by atoms with Gasteiger partial charge in [-0.2, -0.15) is 0 Å². The van der Waals surface area contributed by atoms with E-state index >= 15 is 0 Å². The Morgan fingerprint density at radius 2 is 1.28 bits per heavy atom. The third-order valence-corrected chi connectivity index (χ3v) is 6.23. The van der Waals surface area contributed by atoms with E-state index in [2.05, 4.69) is 59.2 Å². The van der Waals surface area contributed by atoms with Gasteiger partial charge >= 0.3 is 0 Å². The minimum absolute atomic E-state index is 1.23. The summed E-state index contributed by atoms with van der Waals surface area (Å²) in [6, 6.07) is 20.9. The first kappa shape index (κ1) is 13.7. The van der Waals surface area contributed by atoms with Crippen LogP contribution < -0.4 is 0 Å². The highest BCUT2D eigenvalue weighted by Crippen LogP contribution is 2.37. The highest BCUT2D eigenvalue weighted by molar-refractivity contribution is 6.09. The van der Waals surface area contributed by atoms with E-state index in [1.165, 1.54) is 66.0 Å². The van der Waals surface area contributed by atoms with E-state index in [0.717, 1.165) is 0 Å². The molecule has 0 atom stereocenters. The van der Waals surface area contributed by atoms with Crippen molar-refractivity contribution in [2.45, 2.75) is 38.5 Å². The summed E-state index contributed by atoms with van der Waals surface area (Å²) in [7, 11) is 0. The molecule has 1 heteroatoms. The van der Waals surface area contributed by atoms with Gasteiger partial charge in [-0.3, -0.25) is 0 Å². The summed E-state index contributed by atoms with van der Waals surface area (Å²) in [5.41, 5.74) is 10.2. The number of hydrogen-bond donors (Lipinski definition) is 0. The summed E-state index contributed by atoms with van der Waals surface area (Å²) in [4.78, 5) is 0. The highest BCUT2D eigenvalue weighted by Gasteiger charge is 2.19. The van der Waals surface area contributed by atoms with Crippen LogP contribution in [-0.4, -0.2) is 4.57 Å². The molecular formula is C24H21N. The van der Waals surface area contributed by atoms with Gasteiger partial charge in [0.2, 0.25) is 0 Å². The van der Waals surface area contributed by atoms with Crippen molar-refractivity contribution >= 4 is 21.8 Å². The Balaban J connectivity index is 1.72. The SMILES string of the molecule is c1ccc2c(c1)c1cc3c(cc1n2-c1ccc2c(c1)CCC2)CCC3. The van der Waals surface area contributed by atoms with Crippen molar-refractivity contribution in [2.75, 3.05) is 0 Å². The molecule has 0 N–H and O–H groups in total. The zero-order valence-electron chi connectivity index (χ0n) is 14.4. The summed E-state index contributed by atoms with van der Waals surface area (Å²) in [5.74, 6) is 0. The van der Waals surface area contributed by atoms with E-state index in [0.29, 0.717) is 0 Å². The predicted octanol–water partition coefficient (Wildman–Crippen LogP) is 5.76. The molecule has 0 aliphatic heterocycles. The molecule has 0 saturated heterocycles.